The van der Waals surface area contributed by atoms with Gasteiger partial charge >= 0.3 is 0 Å². The van der Waals surface area contributed by atoms with Crippen molar-refractivity contribution in [2.24, 2.45) is 0 Å². The molecule has 4 rings (SSSR count). The van der Waals surface area contributed by atoms with Crippen LogP contribution in [0.15, 0.2) is 53.1 Å². The van der Waals surface area contributed by atoms with Crippen LogP contribution >= 0.6 is 0 Å². The Morgan fingerprint density at radius 2 is 1.89 bits per heavy atom. The van der Waals surface area contributed by atoms with Crippen molar-refractivity contribution >= 4 is 11.4 Å². The highest BCUT2D eigenvalue weighted by atomic mass is 16.6. The van der Waals surface area contributed by atoms with Crippen molar-refractivity contribution in [1.82, 2.24) is 10.1 Å². The highest BCUT2D eigenvalue weighted by molar-refractivity contribution is 5.64. The fourth-order valence-corrected chi connectivity index (χ4v) is 3.52. The quantitative estimate of drug-likeness (QED) is 0.506. The first kappa shape index (κ1) is 17.2. The maximum Gasteiger partial charge on any atom is 0.292 e. The zero-order valence-electron chi connectivity index (χ0n) is 15.0. The van der Waals surface area contributed by atoms with Gasteiger partial charge in [0.15, 0.2) is 0 Å². The Labute approximate surface area is 156 Å². The monoisotopic (exact) mass is 364 g/mol. The maximum atomic E-state index is 11.4. The normalized spacial score (nSPS) is 15.1. The van der Waals surface area contributed by atoms with E-state index in [4.69, 9.17) is 4.52 Å². The summed E-state index contributed by atoms with van der Waals surface area (Å²) in [6.45, 7) is 3.30. The van der Waals surface area contributed by atoms with Gasteiger partial charge in [-0.05, 0) is 31.4 Å². The molecule has 0 N–H and O–H groups in total. The molecule has 0 unspecified atom stereocenters. The molecule has 2 aromatic carbocycles. The number of rotatable bonds is 4. The van der Waals surface area contributed by atoms with Crippen LogP contribution in [0.3, 0.4) is 0 Å². The molecule has 0 aliphatic carbocycles. The highest BCUT2D eigenvalue weighted by Gasteiger charge is 2.28. The van der Waals surface area contributed by atoms with Crippen molar-refractivity contribution in [3.63, 3.8) is 0 Å². The highest BCUT2D eigenvalue weighted by Crippen LogP contribution is 2.35. The fraction of sp³-hybridized carbons (Fsp3) is 0.300. The minimum Gasteiger partial charge on any atom is -0.366 e. The lowest BCUT2D eigenvalue weighted by Gasteiger charge is -2.31. The minimum atomic E-state index is -0.307. The van der Waals surface area contributed by atoms with E-state index in [1.807, 2.05) is 49.4 Å². The lowest BCUT2D eigenvalue weighted by Crippen LogP contribution is -2.33. The first-order valence-corrected chi connectivity index (χ1v) is 9.01. The average molecular weight is 364 g/mol. The summed E-state index contributed by atoms with van der Waals surface area (Å²) < 4.78 is 5.49. The number of aromatic nitrogens is 2. The predicted octanol–water partition coefficient (Wildman–Crippen LogP) is 4.34. The maximum absolute atomic E-state index is 11.4. The summed E-state index contributed by atoms with van der Waals surface area (Å²) in [4.78, 5) is 17.7. The first-order chi connectivity index (χ1) is 13.1. The lowest BCUT2D eigenvalue weighted by molar-refractivity contribution is -0.384. The van der Waals surface area contributed by atoms with Crippen LogP contribution < -0.4 is 4.90 Å². The lowest BCUT2D eigenvalue weighted by atomic mass is 9.96. The predicted molar refractivity (Wildman–Crippen MR) is 102 cm³/mol. The SMILES string of the molecule is Cc1ccc(N2CCC(c3nc(-c4ccccc4)no3)CC2)c([N+](=O)[O-])c1. The van der Waals surface area contributed by atoms with Crippen LogP contribution in [-0.2, 0) is 0 Å². The summed E-state index contributed by atoms with van der Waals surface area (Å²) in [7, 11) is 0. The van der Waals surface area contributed by atoms with Gasteiger partial charge in [0.2, 0.25) is 11.7 Å². The fourth-order valence-electron chi connectivity index (χ4n) is 3.52. The second kappa shape index (κ2) is 7.19. The number of piperidine rings is 1. The molecule has 1 aliphatic rings. The molecule has 0 amide bonds. The van der Waals surface area contributed by atoms with Crippen LogP contribution in [0.2, 0.25) is 0 Å². The molecule has 7 nitrogen and oxygen atoms in total. The van der Waals surface area contributed by atoms with Crippen molar-refractivity contribution in [3.05, 3.63) is 70.1 Å². The van der Waals surface area contributed by atoms with E-state index in [9.17, 15) is 10.1 Å². The van der Waals surface area contributed by atoms with Gasteiger partial charge in [-0.25, -0.2) is 0 Å². The van der Waals surface area contributed by atoms with Gasteiger partial charge in [0.25, 0.3) is 5.69 Å². The van der Waals surface area contributed by atoms with Gasteiger partial charge < -0.3 is 9.42 Å². The number of nitro benzene ring substituents is 1. The molecule has 2 heterocycles. The first-order valence-electron chi connectivity index (χ1n) is 9.01. The molecular weight excluding hydrogens is 344 g/mol. The summed E-state index contributed by atoms with van der Waals surface area (Å²) in [6.07, 6.45) is 1.64. The third-order valence-electron chi connectivity index (χ3n) is 4.99. The molecular formula is C20H20N4O3. The molecule has 27 heavy (non-hydrogen) atoms. The number of aryl methyl sites for hydroxylation is 1. The van der Waals surface area contributed by atoms with Crippen LogP contribution in [-0.4, -0.2) is 28.2 Å². The Morgan fingerprint density at radius 3 is 2.59 bits per heavy atom. The van der Waals surface area contributed by atoms with E-state index in [1.165, 1.54) is 0 Å². The van der Waals surface area contributed by atoms with E-state index in [1.54, 1.807) is 6.07 Å². The number of hydrogen-bond acceptors (Lipinski definition) is 6. The van der Waals surface area contributed by atoms with Gasteiger partial charge in [0, 0.05) is 30.6 Å². The summed E-state index contributed by atoms with van der Waals surface area (Å²) in [5, 5.41) is 15.5. The largest absolute Gasteiger partial charge is 0.366 e. The van der Waals surface area contributed by atoms with E-state index >= 15 is 0 Å². The van der Waals surface area contributed by atoms with Crippen molar-refractivity contribution in [3.8, 4) is 11.4 Å². The summed E-state index contributed by atoms with van der Waals surface area (Å²) >= 11 is 0. The van der Waals surface area contributed by atoms with E-state index in [0.29, 0.717) is 17.4 Å². The molecule has 1 aliphatic heterocycles. The van der Waals surface area contributed by atoms with Crippen molar-refractivity contribution in [2.45, 2.75) is 25.7 Å². The van der Waals surface area contributed by atoms with Crippen LogP contribution in [0.4, 0.5) is 11.4 Å². The molecule has 0 atom stereocenters. The van der Waals surface area contributed by atoms with E-state index in [2.05, 4.69) is 15.0 Å². The molecule has 0 radical (unpaired) electrons. The van der Waals surface area contributed by atoms with Gasteiger partial charge in [-0.15, -0.1) is 0 Å². The van der Waals surface area contributed by atoms with Gasteiger partial charge in [-0.2, -0.15) is 4.98 Å². The number of nitro groups is 1. The Hall–Kier alpha value is -3.22. The van der Waals surface area contributed by atoms with Crippen LogP contribution in [0.5, 0.6) is 0 Å². The van der Waals surface area contributed by atoms with Gasteiger partial charge in [-0.3, -0.25) is 10.1 Å². The Morgan fingerprint density at radius 1 is 1.15 bits per heavy atom. The van der Waals surface area contributed by atoms with Crippen molar-refractivity contribution in [1.29, 1.82) is 0 Å². The summed E-state index contributed by atoms with van der Waals surface area (Å²) in [6, 6.07) is 15.1. The molecule has 1 fully saturated rings. The zero-order chi connectivity index (χ0) is 18.8. The number of nitrogens with zero attached hydrogens (tertiary/aromatic N) is 4. The average Bonchev–Trinajstić information content (AvgIpc) is 3.19. The van der Waals surface area contributed by atoms with E-state index < -0.39 is 0 Å². The number of hydrogen-bond donors (Lipinski definition) is 0. The van der Waals surface area contributed by atoms with E-state index in [-0.39, 0.29) is 16.5 Å². The van der Waals surface area contributed by atoms with Crippen LogP contribution in [0.1, 0.15) is 30.2 Å². The molecule has 1 saturated heterocycles. The van der Waals surface area contributed by atoms with Gasteiger partial charge in [0.1, 0.15) is 5.69 Å². The van der Waals surface area contributed by atoms with E-state index in [0.717, 1.165) is 37.1 Å². The second-order valence-electron chi connectivity index (χ2n) is 6.83. The molecule has 1 aromatic heterocycles. The Balaban J connectivity index is 1.47. The molecule has 7 heteroatoms. The number of anilines is 1. The topological polar surface area (TPSA) is 85.3 Å². The molecule has 0 spiro atoms. The molecule has 138 valence electrons. The Kier molecular flexibility index (Phi) is 4.58. The van der Waals surface area contributed by atoms with Crippen molar-refractivity contribution < 1.29 is 9.45 Å². The zero-order valence-corrected chi connectivity index (χ0v) is 15.0. The number of benzene rings is 2. The van der Waals surface area contributed by atoms with Crippen LogP contribution in [0.25, 0.3) is 11.4 Å². The standard InChI is InChI=1S/C20H20N4O3/c1-14-7-8-17(18(13-14)24(25)26)23-11-9-16(10-12-23)20-21-19(22-27-20)15-5-3-2-4-6-15/h2-8,13,16H,9-12H2,1H3. The molecule has 3 aromatic rings. The van der Waals surface area contributed by atoms with Crippen LogP contribution in [0, 0.1) is 17.0 Å². The van der Waals surface area contributed by atoms with Gasteiger partial charge in [0.05, 0.1) is 4.92 Å². The second-order valence-corrected chi connectivity index (χ2v) is 6.83. The Bertz CT molecular complexity index is 947. The summed E-state index contributed by atoms with van der Waals surface area (Å²) in [5.41, 5.74) is 2.66. The third-order valence-corrected chi connectivity index (χ3v) is 4.99. The van der Waals surface area contributed by atoms with Gasteiger partial charge in [-0.1, -0.05) is 41.6 Å². The third kappa shape index (κ3) is 3.53. The smallest absolute Gasteiger partial charge is 0.292 e. The minimum absolute atomic E-state index is 0.164. The summed E-state index contributed by atoms with van der Waals surface area (Å²) in [5.74, 6) is 1.42. The van der Waals surface area contributed by atoms with Crippen molar-refractivity contribution in [2.75, 3.05) is 18.0 Å². The molecule has 0 saturated carbocycles. The molecule has 0 bridgehead atoms.